The number of hydrogen-bond acceptors (Lipinski definition) is 6. The van der Waals surface area contributed by atoms with E-state index in [4.69, 9.17) is 0 Å². The largest absolute Gasteiger partial charge is 0.357 e. The van der Waals surface area contributed by atoms with E-state index in [9.17, 15) is 4.79 Å². The van der Waals surface area contributed by atoms with Gasteiger partial charge in [-0.25, -0.2) is 4.98 Å². The molecule has 1 amide bonds. The summed E-state index contributed by atoms with van der Waals surface area (Å²) in [7, 11) is 0. The van der Waals surface area contributed by atoms with E-state index in [0.29, 0.717) is 11.5 Å². The first-order valence-electron chi connectivity index (χ1n) is 8.90. The van der Waals surface area contributed by atoms with Crippen LogP contribution in [0, 0.1) is 6.92 Å². The second-order valence-electron chi connectivity index (χ2n) is 6.03. The molecule has 27 heavy (non-hydrogen) atoms. The number of carbonyl (C=O) groups is 1. The Hall–Kier alpha value is -2.93. The molecule has 0 aliphatic carbocycles. The van der Waals surface area contributed by atoms with Gasteiger partial charge < -0.3 is 15.5 Å². The zero-order valence-corrected chi connectivity index (χ0v) is 16.5. The zero-order chi connectivity index (χ0) is 19.2. The van der Waals surface area contributed by atoms with Crippen molar-refractivity contribution in [1.29, 1.82) is 0 Å². The van der Waals surface area contributed by atoms with Crippen molar-refractivity contribution >= 4 is 40.4 Å². The average molecular weight is 382 g/mol. The quantitative estimate of drug-likeness (QED) is 0.621. The van der Waals surface area contributed by atoms with E-state index in [-0.39, 0.29) is 5.91 Å². The van der Waals surface area contributed by atoms with Crippen molar-refractivity contribution < 1.29 is 4.79 Å². The fourth-order valence-corrected chi connectivity index (χ4v) is 3.32. The fraction of sp³-hybridized carbons (Fsp3) is 0.250. The van der Waals surface area contributed by atoms with Crippen molar-refractivity contribution in [1.82, 2.24) is 9.97 Å². The van der Waals surface area contributed by atoms with Crippen LogP contribution in [-0.4, -0.2) is 29.0 Å². The Bertz CT molecular complexity index is 889. The van der Waals surface area contributed by atoms with Crippen LogP contribution in [-0.2, 0) is 0 Å². The molecule has 7 heteroatoms. The molecule has 0 atom stereocenters. The van der Waals surface area contributed by atoms with E-state index in [1.165, 1.54) is 11.3 Å². The average Bonchev–Trinajstić information content (AvgIpc) is 3.19. The van der Waals surface area contributed by atoms with Crippen LogP contribution in [0.25, 0.3) is 0 Å². The Morgan fingerprint density at radius 3 is 2.41 bits per heavy atom. The molecule has 0 radical (unpaired) electrons. The molecule has 0 aliphatic heterocycles. The van der Waals surface area contributed by atoms with Gasteiger partial charge >= 0.3 is 0 Å². The normalized spacial score (nSPS) is 10.5. The third-order valence-electron chi connectivity index (χ3n) is 4.11. The van der Waals surface area contributed by atoms with Gasteiger partial charge in [-0.15, -0.1) is 0 Å². The van der Waals surface area contributed by atoms with E-state index in [2.05, 4.69) is 39.3 Å². The lowest BCUT2D eigenvalue weighted by Gasteiger charge is -2.20. The van der Waals surface area contributed by atoms with Gasteiger partial charge in [0.1, 0.15) is 5.82 Å². The lowest BCUT2D eigenvalue weighted by Crippen LogP contribution is -2.23. The number of nitrogens with zero attached hydrogens (tertiary/aromatic N) is 3. The first-order chi connectivity index (χ1) is 13.1. The summed E-state index contributed by atoms with van der Waals surface area (Å²) in [6, 6.07) is 11.3. The highest BCUT2D eigenvalue weighted by molar-refractivity contribution is 7.08. The van der Waals surface area contributed by atoms with Crippen LogP contribution in [0.2, 0.25) is 0 Å². The SMILES string of the molecule is CCN(CC)c1cc(C)nc(Nc2ccc(NC(=O)c3ccsc3)cc2)n1. The number of aromatic nitrogens is 2. The number of thiophene rings is 1. The molecule has 1 aromatic carbocycles. The summed E-state index contributed by atoms with van der Waals surface area (Å²) in [4.78, 5) is 23.4. The van der Waals surface area contributed by atoms with E-state index < -0.39 is 0 Å². The minimum atomic E-state index is -0.108. The number of hydrogen-bond donors (Lipinski definition) is 2. The number of anilines is 4. The molecule has 0 saturated heterocycles. The van der Waals surface area contributed by atoms with Gasteiger partial charge in [0.2, 0.25) is 5.95 Å². The molecule has 0 unspecified atom stereocenters. The molecule has 3 aromatic rings. The molecule has 2 aromatic heterocycles. The maximum Gasteiger partial charge on any atom is 0.256 e. The Labute approximate surface area is 163 Å². The topological polar surface area (TPSA) is 70.2 Å². The first kappa shape index (κ1) is 18.8. The van der Waals surface area contributed by atoms with Crippen molar-refractivity contribution in [2.24, 2.45) is 0 Å². The van der Waals surface area contributed by atoms with Gasteiger partial charge in [-0.2, -0.15) is 16.3 Å². The molecule has 0 saturated carbocycles. The third kappa shape index (κ3) is 4.83. The lowest BCUT2D eigenvalue weighted by atomic mass is 10.2. The predicted molar refractivity (Wildman–Crippen MR) is 112 cm³/mol. The molecule has 0 fully saturated rings. The van der Waals surface area contributed by atoms with E-state index in [1.54, 1.807) is 6.07 Å². The van der Waals surface area contributed by atoms with Crippen LogP contribution in [0.3, 0.4) is 0 Å². The van der Waals surface area contributed by atoms with Gasteiger partial charge in [-0.05, 0) is 56.5 Å². The molecule has 2 heterocycles. The summed E-state index contributed by atoms with van der Waals surface area (Å²) in [6.45, 7) is 7.97. The number of nitrogens with one attached hydrogen (secondary N) is 2. The minimum absolute atomic E-state index is 0.108. The Morgan fingerprint density at radius 1 is 1.07 bits per heavy atom. The van der Waals surface area contributed by atoms with Gasteiger partial charge in [0.25, 0.3) is 5.91 Å². The fourth-order valence-electron chi connectivity index (χ4n) is 2.68. The lowest BCUT2D eigenvalue weighted by molar-refractivity contribution is 0.102. The van der Waals surface area contributed by atoms with Crippen LogP contribution in [0.5, 0.6) is 0 Å². The highest BCUT2D eigenvalue weighted by Crippen LogP contribution is 2.20. The molecule has 6 nitrogen and oxygen atoms in total. The van der Waals surface area contributed by atoms with Gasteiger partial charge in [-0.3, -0.25) is 4.79 Å². The van der Waals surface area contributed by atoms with Crippen LogP contribution < -0.4 is 15.5 Å². The van der Waals surface area contributed by atoms with Crippen molar-refractivity contribution in [3.8, 4) is 0 Å². The molecule has 0 spiro atoms. The molecular weight excluding hydrogens is 358 g/mol. The number of rotatable bonds is 7. The van der Waals surface area contributed by atoms with Gasteiger partial charge in [0.05, 0.1) is 5.56 Å². The third-order valence-corrected chi connectivity index (χ3v) is 4.79. The molecule has 0 aliphatic rings. The summed E-state index contributed by atoms with van der Waals surface area (Å²) in [5, 5.41) is 9.83. The smallest absolute Gasteiger partial charge is 0.256 e. The van der Waals surface area contributed by atoms with Gasteiger partial charge in [0.15, 0.2) is 0 Å². The maximum atomic E-state index is 12.1. The maximum absolute atomic E-state index is 12.1. The molecule has 140 valence electrons. The monoisotopic (exact) mass is 381 g/mol. The molecule has 3 rings (SSSR count). The van der Waals surface area contributed by atoms with E-state index in [1.807, 2.05) is 48.0 Å². The second-order valence-corrected chi connectivity index (χ2v) is 6.81. The van der Waals surface area contributed by atoms with Crippen LogP contribution in [0.1, 0.15) is 29.9 Å². The standard InChI is InChI=1S/C20H23N5OS/c1-4-25(5-2)18-12-14(3)21-20(24-18)23-17-8-6-16(7-9-17)22-19(26)15-10-11-27-13-15/h6-13H,4-5H2,1-3H3,(H,22,26)(H,21,23,24). The summed E-state index contributed by atoms with van der Waals surface area (Å²) in [5.74, 6) is 1.37. The summed E-state index contributed by atoms with van der Waals surface area (Å²) >= 11 is 1.50. The van der Waals surface area contributed by atoms with Crippen LogP contribution in [0.15, 0.2) is 47.2 Å². The molecular formula is C20H23N5OS. The predicted octanol–water partition coefficient (Wildman–Crippen LogP) is 4.69. The van der Waals surface area contributed by atoms with Gasteiger partial charge in [-0.1, -0.05) is 0 Å². The summed E-state index contributed by atoms with van der Waals surface area (Å²) in [6.07, 6.45) is 0. The number of amides is 1. The summed E-state index contributed by atoms with van der Waals surface area (Å²) in [5.41, 5.74) is 3.18. The molecule has 0 bridgehead atoms. The van der Waals surface area contributed by atoms with Crippen molar-refractivity contribution in [3.63, 3.8) is 0 Å². The zero-order valence-electron chi connectivity index (χ0n) is 15.7. The van der Waals surface area contributed by atoms with Crippen LogP contribution in [0.4, 0.5) is 23.1 Å². The van der Waals surface area contributed by atoms with Crippen molar-refractivity contribution in [2.75, 3.05) is 28.6 Å². The second kappa shape index (κ2) is 8.64. The van der Waals surface area contributed by atoms with Crippen LogP contribution >= 0.6 is 11.3 Å². The minimum Gasteiger partial charge on any atom is -0.357 e. The highest BCUT2D eigenvalue weighted by atomic mass is 32.1. The van der Waals surface area contributed by atoms with Crippen molar-refractivity contribution in [2.45, 2.75) is 20.8 Å². The Balaban J connectivity index is 1.70. The first-order valence-corrected chi connectivity index (χ1v) is 9.84. The summed E-state index contributed by atoms with van der Waals surface area (Å²) < 4.78 is 0. The molecule has 2 N–H and O–H groups in total. The van der Waals surface area contributed by atoms with E-state index in [0.717, 1.165) is 36.0 Å². The highest BCUT2D eigenvalue weighted by Gasteiger charge is 2.09. The van der Waals surface area contributed by atoms with Crippen molar-refractivity contribution in [3.05, 3.63) is 58.4 Å². The van der Waals surface area contributed by atoms with Gasteiger partial charge in [0, 0.05) is 41.6 Å². The Morgan fingerprint density at radius 2 is 1.78 bits per heavy atom. The Kier molecular flexibility index (Phi) is 6.03. The number of benzene rings is 1. The number of aryl methyl sites for hydroxylation is 1. The number of carbonyl (C=O) groups excluding carboxylic acids is 1. The van der Waals surface area contributed by atoms with E-state index >= 15 is 0 Å².